The van der Waals surface area contributed by atoms with E-state index in [9.17, 15) is 0 Å². The van der Waals surface area contributed by atoms with E-state index in [0.717, 1.165) is 28.6 Å². The number of aryl methyl sites for hydroxylation is 1. The van der Waals surface area contributed by atoms with Crippen LogP contribution in [0.5, 0.6) is 0 Å². The topological polar surface area (TPSA) is 12.9 Å². The van der Waals surface area contributed by atoms with Crippen molar-refractivity contribution in [3.63, 3.8) is 0 Å². The molecule has 1 aromatic rings. The van der Waals surface area contributed by atoms with Crippen molar-refractivity contribution in [2.24, 2.45) is 0 Å². The standard InChI is InChI=1S/C9H11NS2/c1-3-4-5-6-11-9-10-8(2)7-12-9/h1,7H,4-6H2,2H3. The molecule has 0 saturated carbocycles. The predicted octanol–water partition coefficient (Wildman–Crippen LogP) is 2.96. The molecule has 1 aromatic heterocycles. The van der Waals surface area contributed by atoms with Gasteiger partial charge in [-0.1, -0.05) is 11.8 Å². The lowest BCUT2D eigenvalue weighted by Crippen LogP contribution is -1.78. The summed E-state index contributed by atoms with van der Waals surface area (Å²) >= 11 is 3.50. The van der Waals surface area contributed by atoms with Gasteiger partial charge in [0.2, 0.25) is 0 Å². The number of thiazole rings is 1. The van der Waals surface area contributed by atoms with Crippen molar-refractivity contribution in [2.75, 3.05) is 5.75 Å². The molecular weight excluding hydrogens is 186 g/mol. The van der Waals surface area contributed by atoms with E-state index in [1.54, 1.807) is 23.1 Å². The van der Waals surface area contributed by atoms with Crippen LogP contribution in [0.3, 0.4) is 0 Å². The molecule has 1 nitrogen and oxygen atoms in total. The van der Waals surface area contributed by atoms with Gasteiger partial charge in [0.15, 0.2) is 0 Å². The molecule has 0 N–H and O–H groups in total. The van der Waals surface area contributed by atoms with Gasteiger partial charge in [-0.15, -0.1) is 23.7 Å². The Hall–Kier alpha value is -0.460. The molecule has 0 aliphatic heterocycles. The summed E-state index contributed by atoms with van der Waals surface area (Å²) in [5.41, 5.74) is 1.11. The van der Waals surface area contributed by atoms with E-state index in [1.807, 2.05) is 6.92 Å². The van der Waals surface area contributed by atoms with E-state index in [0.29, 0.717) is 0 Å². The van der Waals surface area contributed by atoms with E-state index in [2.05, 4.69) is 16.3 Å². The maximum atomic E-state index is 5.14. The van der Waals surface area contributed by atoms with E-state index in [1.165, 1.54) is 0 Å². The van der Waals surface area contributed by atoms with Crippen LogP contribution in [0.1, 0.15) is 18.5 Å². The Morgan fingerprint density at radius 1 is 1.75 bits per heavy atom. The fourth-order valence-electron chi connectivity index (χ4n) is 0.732. The summed E-state index contributed by atoms with van der Waals surface area (Å²) in [7, 11) is 0. The lowest BCUT2D eigenvalue weighted by molar-refractivity contribution is 0.995. The Bertz CT molecular complexity index is 272. The minimum atomic E-state index is 0.872. The van der Waals surface area contributed by atoms with Gasteiger partial charge in [-0.25, -0.2) is 4.98 Å². The van der Waals surface area contributed by atoms with Crippen molar-refractivity contribution in [1.82, 2.24) is 4.98 Å². The van der Waals surface area contributed by atoms with Gasteiger partial charge in [0.1, 0.15) is 4.34 Å². The second-order valence-corrected chi connectivity index (χ2v) is 4.61. The first-order valence-electron chi connectivity index (χ1n) is 3.81. The van der Waals surface area contributed by atoms with Crippen LogP contribution in [0.2, 0.25) is 0 Å². The number of hydrogen-bond acceptors (Lipinski definition) is 3. The minimum absolute atomic E-state index is 0.872. The molecule has 0 fully saturated rings. The van der Waals surface area contributed by atoms with Gasteiger partial charge in [0, 0.05) is 23.2 Å². The smallest absolute Gasteiger partial charge is 0.150 e. The second kappa shape index (κ2) is 5.23. The average Bonchev–Trinajstić information content (AvgIpc) is 2.45. The lowest BCUT2D eigenvalue weighted by Gasteiger charge is -1.92. The summed E-state index contributed by atoms with van der Waals surface area (Å²) in [6, 6.07) is 0. The van der Waals surface area contributed by atoms with Gasteiger partial charge >= 0.3 is 0 Å². The second-order valence-electron chi connectivity index (χ2n) is 2.41. The van der Waals surface area contributed by atoms with Crippen LogP contribution >= 0.6 is 23.1 Å². The van der Waals surface area contributed by atoms with Gasteiger partial charge in [0.25, 0.3) is 0 Å². The highest BCUT2D eigenvalue weighted by molar-refractivity contribution is 8.00. The zero-order chi connectivity index (χ0) is 8.81. The summed E-state index contributed by atoms with van der Waals surface area (Å²) in [6.07, 6.45) is 7.10. The molecule has 1 heterocycles. The fourth-order valence-corrected chi connectivity index (χ4v) is 2.59. The van der Waals surface area contributed by atoms with Crippen LogP contribution in [0, 0.1) is 19.3 Å². The highest BCUT2D eigenvalue weighted by Crippen LogP contribution is 2.22. The number of hydrogen-bond donors (Lipinski definition) is 0. The Balaban J connectivity index is 2.21. The summed E-state index contributed by atoms with van der Waals surface area (Å²) in [6.45, 7) is 2.02. The molecule has 0 amide bonds. The van der Waals surface area contributed by atoms with Crippen molar-refractivity contribution < 1.29 is 0 Å². The molecule has 0 bridgehead atoms. The number of unbranched alkanes of at least 4 members (excludes halogenated alkanes) is 1. The van der Waals surface area contributed by atoms with Crippen LogP contribution in [0.15, 0.2) is 9.72 Å². The molecule has 0 radical (unpaired) electrons. The first-order chi connectivity index (χ1) is 5.83. The first-order valence-corrected chi connectivity index (χ1v) is 5.68. The molecular formula is C9H11NS2. The van der Waals surface area contributed by atoms with Gasteiger partial charge in [-0.2, -0.15) is 0 Å². The Kier molecular flexibility index (Phi) is 4.20. The highest BCUT2D eigenvalue weighted by Gasteiger charge is 1.97. The van der Waals surface area contributed by atoms with Gasteiger partial charge in [-0.3, -0.25) is 0 Å². The van der Waals surface area contributed by atoms with Crippen molar-refractivity contribution >= 4 is 23.1 Å². The maximum Gasteiger partial charge on any atom is 0.150 e. The maximum absolute atomic E-state index is 5.14. The monoisotopic (exact) mass is 197 g/mol. The molecule has 3 heteroatoms. The molecule has 12 heavy (non-hydrogen) atoms. The fraction of sp³-hybridized carbons (Fsp3) is 0.444. The Labute approximate surface area is 81.6 Å². The first kappa shape index (κ1) is 9.63. The van der Waals surface area contributed by atoms with Crippen LogP contribution in [-0.2, 0) is 0 Å². The van der Waals surface area contributed by atoms with Crippen LogP contribution in [0.25, 0.3) is 0 Å². The van der Waals surface area contributed by atoms with Crippen molar-refractivity contribution in [2.45, 2.75) is 24.1 Å². The van der Waals surface area contributed by atoms with E-state index < -0.39 is 0 Å². The SMILES string of the molecule is C#CCCCSc1nc(C)cs1. The third kappa shape index (κ3) is 3.29. The third-order valence-electron chi connectivity index (χ3n) is 1.29. The molecule has 0 atom stereocenters. The molecule has 64 valence electrons. The summed E-state index contributed by atoms with van der Waals surface area (Å²) in [5.74, 6) is 3.71. The molecule has 0 unspecified atom stereocenters. The van der Waals surface area contributed by atoms with Crippen molar-refractivity contribution in [1.29, 1.82) is 0 Å². The van der Waals surface area contributed by atoms with Crippen molar-refractivity contribution in [3.05, 3.63) is 11.1 Å². The Morgan fingerprint density at radius 2 is 2.58 bits per heavy atom. The van der Waals surface area contributed by atoms with E-state index in [-0.39, 0.29) is 0 Å². The van der Waals surface area contributed by atoms with E-state index in [4.69, 9.17) is 6.42 Å². The summed E-state index contributed by atoms with van der Waals surface area (Å²) in [5, 5.41) is 2.07. The molecule has 0 saturated heterocycles. The Morgan fingerprint density at radius 3 is 3.17 bits per heavy atom. The van der Waals surface area contributed by atoms with Crippen LogP contribution < -0.4 is 0 Å². The number of nitrogens with zero attached hydrogens (tertiary/aromatic N) is 1. The summed E-state index contributed by atoms with van der Waals surface area (Å²) in [4.78, 5) is 4.34. The third-order valence-corrected chi connectivity index (χ3v) is 3.51. The van der Waals surface area contributed by atoms with Crippen LogP contribution in [0.4, 0.5) is 0 Å². The molecule has 1 rings (SSSR count). The van der Waals surface area contributed by atoms with Crippen LogP contribution in [-0.4, -0.2) is 10.7 Å². The molecule has 0 aliphatic rings. The van der Waals surface area contributed by atoms with Crippen molar-refractivity contribution in [3.8, 4) is 12.3 Å². The normalized spacial score (nSPS) is 9.67. The average molecular weight is 197 g/mol. The number of terminal acetylenes is 1. The minimum Gasteiger partial charge on any atom is -0.235 e. The van der Waals surface area contributed by atoms with Gasteiger partial charge < -0.3 is 0 Å². The summed E-state index contributed by atoms with van der Waals surface area (Å²) < 4.78 is 1.16. The van der Waals surface area contributed by atoms with E-state index >= 15 is 0 Å². The molecule has 0 spiro atoms. The lowest BCUT2D eigenvalue weighted by atomic mass is 10.4. The highest BCUT2D eigenvalue weighted by atomic mass is 32.2. The largest absolute Gasteiger partial charge is 0.235 e. The predicted molar refractivity (Wildman–Crippen MR) is 55.6 cm³/mol. The molecule has 0 aromatic carbocycles. The molecule has 0 aliphatic carbocycles. The number of aromatic nitrogens is 1. The van der Waals surface area contributed by atoms with Gasteiger partial charge in [-0.05, 0) is 13.3 Å². The number of rotatable bonds is 4. The number of thioether (sulfide) groups is 1. The quantitative estimate of drug-likeness (QED) is 0.418. The van der Waals surface area contributed by atoms with Gasteiger partial charge in [0.05, 0.1) is 0 Å². The zero-order valence-electron chi connectivity index (χ0n) is 7.04. The zero-order valence-corrected chi connectivity index (χ0v) is 8.67.